The average Bonchev–Trinajstić information content (AvgIpc) is 3.22. The Morgan fingerprint density at radius 1 is 0.345 bits per heavy atom. The highest BCUT2D eigenvalue weighted by molar-refractivity contribution is 5.71. The normalized spacial score (nSPS) is 13.4. The molecule has 0 aliphatic rings. The number of carbonyl (C=O) groups excluding carboxylic acids is 3. The van der Waals surface area contributed by atoms with Crippen LogP contribution < -0.4 is 0 Å². The summed E-state index contributed by atoms with van der Waals surface area (Å²) in [5, 5.41) is 0. The van der Waals surface area contributed by atoms with E-state index in [0.717, 1.165) is 96.3 Å². The van der Waals surface area contributed by atoms with Gasteiger partial charge in [-0.2, -0.15) is 0 Å². The second-order valence-electron chi connectivity index (χ2n) is 13.8. The summed E-state index contributed by atoms with van der Waals surface area (Å²) in [6.45, 7) is 6.11. The molecule has 322 valence electrons. The molecule has 0 fully saturated rings. The van der Waals surface area contributed by atoms with E-state index in [4.69, 9.17) is 14.2 Å². The first-order chi connectivity index (χ1) is 28.5. The van der Waals surface area contributed by atoms with Gasteiger partial charge in [0.2, 0.25) is 0 Å². The smallest absolute Gasteiger partial charge is 0.306 e. The van der Waals surface area contributed by atoms with Gasteiger partial charge in [0.05, 0.1) is 0 Å². The van der Waals surface area contributed by atoms with Crippen LogP contribution in [0.3, 0.4) is 0 Å². The van der Waals surface area contributed by atoms with Crippen molar-refractivity contribution in [1.29, 1.82) is 0 Å². The molecule has 1 unspecified atom stereocenters. The molecule has 6 nitrogen and oxygen atoms in total. The number of ether oxygens (including phenoxy) is 3. The summed E-state index contributed by atoms with van der Waals surface area (Å²) < 4.78 is 16.5. The van der Waals surface area contributed by atoms with Crippen LogP contribution in [-0.4, -0.2) is 37.2 Å². The SMILES string of the molecule is CC/C=C\C/C=C\C/C=C\C/C=C\C/C=C\CCCC(=O)OCC(COC(=O)CCC/C=C\C/C=C\C/C=C\CC)OC(=O)CCCC/C=C\C/C=C\C/C=C\CC. The Bertz CT molecular complexity index is 1330. The Morgan fingerprint density at radius 3 is 0.948 bits per heavy atom. The second kappa shape index (κ2) is 45.3. The molecule has 0 saturated carbocycles. The molecule has 0 amide bonds. The van der Waals surface area contributed by atoms with E-state index < -0.39 is 6.10 Å². The van der Waals surface area contributed by atoms with Crippen molar-refractivity contribution >= 4 is 17.9 Å². The van der Waals surface area contributed by atoms with Crippen LogP contribution in [0.25, 0.3) is 0 Å². The number of esters is 3. The van der Waals surface area contributed by atoms with Crippen molar-refractivity contribution in [2.75, 3.05) is 13.2 Å². The third kappa shape index (κ3) is 42.7. The summed E-state index contributed by atoms with van der Waals surface area (Å²) in [6, 6.07) is 0. The lowest BCUT2D eigenvalue weighted by atomic mass is 10.2. The van der Waals surface area contributed by atoms with Crippen LogP contribution in [-0.2, 0) is 28.6 Å². The van der Waals surface area contributed by atoms with E-state index in [9.17, 15) is 14.4 Å². The van der Waals surface area contributed by atoms with Gasteiger partial charge in [-0.3, -0.25) is 14.4 Å². The molecule has 0 saturated heterocycles. The molecule has 1 atom stereocenters. The molecule has 0 spiro atoms. The zero-order chi connectivity index (χ0) is 42.3. The number of rotatable bonds is 37. The molecule has 0 bridgehead atoms. The standard InChI is InChI=1S/C52H78O6/c1-4-7-10-13-16-19-22-24-25-26-27-28-31-33-36-39-42-45-51(54)57-48-49(47-56-50(53)44-41-38-35-32-29-21-18-15-12-9-6-3)58-52(55)46-43-40-37-34-30-23-20-17-14-11-8-5-2/h7-12,16-21,24-25,27-28,30,32-36,49H,4-6,13-15,22-23,26,29,31,37-48H2,1-3H3/b10-7-,11-8-,12-9-,19-16-,20-17-,21-18-,25-24-,28-27-,34-30-,35-32-,36-33-. The van der Waals surface area contributed by atoms with Crippen LogP contribution in [0.5, 0.6) is 0 Å². The highest BCUT2D eigenvalue weighted by Gasteiger charge is 2.19. The summed E-state index contributed by atoms with van der Waals surface area (Å²) in [4.78, 5) is 37.7. The Balaban J connectivity index is 4.61. The van der Waals surface area contributed by atoms with E-state index in [1.165, 1.54) is 0 Å². The Kier molecular flexibility index (Phi) is 41.8. The van der Waals surface area contributed by atoms with E-state index in [1.807, 2.05) is 0 Å². The predicted molar refractivity (Wildman–Crippen MR) is 246 cm³/mol. The lowest BCUT2D eigenvalue weighted by molar-refractivity contribution is -0.167. The van der Waals surface area contributed by atoms with E-state index in [0.29, 0.717) is 19.3 Å². The van der Waals surface area contributed by atoms with E-state index in [2.05, 4.69) is 154 Å². The van der Waals surface area contributed by atoms with Crippen LogP contribution in [0.15, 0.2) is 134 Å². The first-order valence-electron chi connectivity index (χ1n) is 22.2. The summed E-state index contributed by atoms with van der Waals surface area (Å²) in [5.74, 6) is -1.11. The van der Waals surface area contributed by atoms with Gasteiger partial charge < -0.3 is 14.2 Å². The molecule has 0 aliphatic heterocycles. The predicted octanol–water partition coefficient (Wildman–Crippen LogP) is 14.4. The molecule has 0 radical (unpaired) electrons. The van der Waals surface area contributed by atoms with Gasteiger partial charge >= 0.3 is 17.9 Å². The molecule has 0 aromatic carbocycles. The summed E-state index contributed by atoms with van der Waals surface area (Å²) >= 11 is 0. The van der Waals surface area contributed by atoms with Crippen LogP contribution in [0.1, 0.15) is 156 Å². The van der Waals surface area contributed by atoms with Crippen molar-refractivity contribution < 1.29 is 28.6 Å². The van der Waals surface area contributed by atoms with Gasteiger partial charge in [0, 0.05) is 19.3 Å². The molecule has 6 heteroatoms. The molecule has 58 heavy (non-hydrogen) atoms. The van der Waals surface area contributed by atoms with E-state index >= 15 is 0 Å². The maximum absolute atomic E-state index is 12.7. The molecule has 0 aromatic rings. The van der Waals surface area contributed by atoms with Crippen molar-refractivity contribution in [3.8, 4) is 0 Å². The fraction of sp³-hybridized carbons (Fsp3) is 0.519. The Morgan fingerprint density at radius 2 is 0.621 bits per heavy atom. The maximum Gasteiger partial charge on any atom is 0.306 e. The highest BCUT2D eigenvalue weighted by Crippen LogP contribution is 2.09. The summed E-state index contributed by atoms with van der Waals surface area (Å²) in [6.07, 6.45) is 63.1. The lowest BCUT2D eigenvalue weighted by Gasteiger charge is -2.18. The first kappa shape index (κ1) is 53.6. The van der Waals surface area contributed by atoms with Gasteiger partial charge in [-0.05, 0) is 116 Å². The molecule has 0 heterocycles. The maximum atomic E-state index is 12.7. The van der Waals surface area contributed by atoms with Gasteiger partial charge in [0.25, 0.3) is 0 Å². The average molecular weight is 799 g/mol. The van der Waals surface area contributed by atoms with E-state index in [1.54, 1.807) is 0 Å². The Hall–Kier alpha value is -4.45. The summed E-state index contributed by atoms with van der Waals surface area (Å²) in [7, 11) is 0. The number of hydrogen-bond acceptors (Lipinski definition) is 6. The van der Waals surface area contributed by atoms with Crippen LogP contribution in [0.4, 0.5) is 0 Å². The third-order valence-corrected chi connectivity index (χ3v) is 8.38. The van der Waals surface area contributed by atoms with Gasteiger partial charge in [-0.25, -0.2) is 0 Å². The van der Waals surface area contributed by atoms with Gasteiger partial charge in [0.1, 0.15) is 13.2 Å². The highest BCUT2D eigenvalue weighted by atomic mass is 16.6. The Labute approximate surface area is 354 Å². The third-order valence-electron chi connectivity index (χ3n) is 8.38. The molecule has 0 aromatic heterocycles. The minimum absolute atomic E-state index is 0.143. The van der Waals surface area contributed by atoms with Gasteiger partial charge in [0.15, 0.2) is 6.10 Å². The minimum Gasteiger partial charge on any atom is -0.462 e. The van der Waals surface area contributed by atoms with Gasteiger partial charge in [-0.15, -0.1) is 0 Å². The zero-order valence-electron chi connectivity index (χ0n) is 36.5. The van der Waals surface area contributed by atoms with Crippen molar-refractivity contribution in [2.24, 2.45) is 0 Å². The molecular weight excluding hydrogens is 721 g/mol. The quantitative estimate of drug-likeness (QED) is 0.0270. The molecule has 0 rings (SSSR count). The van der Waals surface area contributed by atoms with E-state index in [-0.39, 0.29) is 50.4 Å². The van der Waals surface area contributed by atoms with Crippen LogP contribution in [0.2, 0.25) is 0 Å². The minimum atomic E-state index is -0.843. The second-order valence-corrected chi connectivity index (χ2v) is 13.8. The van der Waals surface area contributed by atoms with Crippen molar-refractivity contribution in [3.63, 3.8) is 0 Å². The number of carbonyl (C=O) groups is 3. The van der Waals surface area contributed by atoms with Gasteiger partial charge in [-0.1, -0.05) is 154 Å². The number of unbranched alkanes of at least 4 members (excludes halogenated alkanes) is 4. The lowest BCUT2D eigenvalue weighted by Crippen LogP contribution is -2.30. The first-order valence-corrected chi connectivity index (χ1v) is 22.2. The summed E-state index contributed by atoms with van der Waals surface area (Å²) in [5.41, 5.74) is 0. The largest absolute Gasteiger partial charge is 0.462 e. The number of allylic oxidation sites excluding steroid dienone is 22. The van der Waals surface area contributed by atoms with Crippen LogP contribution >= 0.6 is 0 Å². The molecule has 0 aliphatic carbocycles. The fourth-order valence-electron chi connectivity index (χ4n) is 5.16. The van der Waals surface area contributed by atoms with Crippen LogP contribution in [0, 0.1) is 0 Å². The van der Waals surface area contributed by atoms with Crippen molar-refractivity contribution in [2.45, 2.75) is 162 Å². The monoisotopic (exact) mass is 799 g/mol. The topological polar surface area (TPSA) is 78.9 Å². The molecular formula is C52H78O6. The fourth-order valence-corrected chi connectivity index (χ4v) is 5.16. The zero-order valence-corrected chi connectivity index (χ0v) is 36.5. The number of hydrogen-bond donors (Lipinski definition) is 0. The van der Waals surface area contributed by atoms with Crippen molar-refractivity contribution in [3.05, 3.63) is 134 Å². The molecule has 0 N–H and O–H groups in total. The van der Waals surface area contributed by atoms with Crippen molar-refractivity contribution in [1.82, 2.24) is 0 Å².